The maximum atomic E-state index is 12.6. The van der Waals surface area contributed by atoms with E-state index in [1.54, 1.807) is 12.4 Å². The molecule has 2 aliphatic rings. The summed E-state index contributed by atoms with van der Waals surface area (Å²) >= 11 is 0. The minimum absolute atomic E-state index is 0.150. The molecule has 6 heteroatoms. The molecule has 1 aromatic heterocycles. The third kappa shape index (κ3) is 4.63. The third-order valence-corrected chi connectivity index (χ3v) is 6.14. The fourth-order valence-electron chi connectivity index (χ4n) is 4.72. The van der Waals surface area contributed by atoms with Crippen molar-refractivity contribution in [2.45, 2.75) is 45.7 Å². The van der Waals surface area contributed by atoms with Gasteiger partial charge in [0.05, 0.1) is 35.8 Å². The molecular weight excluding hydrogens is 362 g/mol. The Labute approximate surface area is 172 Å². The summed E-state index contributed by atoms with van der Waals surface area (Å²) in [5.74, 6) is 0.219. The summed E-state index contributed by atoms with van der Waals surface area (Å²) in [6.07, 6.45) is 7.40. The highest BCUT2D eigenvalue weighted by molar-refractivity contribution is 5.77. The number of benzene rings is 1. The van der Waals surface area contributed by atoms with Crippen molar-refractivity contribution in [3.63, 3.8) is 0 Å². The van der Waals surface area contributed by atoms with Crippen molar-refractivity contribution >= 4 is 5.91 Å². The molecule has 1 aromatic carbocycles. The van der Waals surface area contributed by atoms with Crippen LogP contribution in [0.4, 0.5) is 0 Å². The Balaban J connectivity index is 1.44. The van der Waals surface area contributed by atoms with Crippen LogP contribution in [0.25, 0.3) is 0 Å². The van der Waals surface area contributed by atoms with Gasteiger partial charge >= 0.3 is 0 Å². The zero-order chi connectivity index (χ0) is 20.3. The van der Waals surface area contributed by atoms with Gasteiger partial charge in [0.1, 0.15) is 0 Å². The smallest absolute Gasteiger partial charge is 0.222 e. The van der Waals surface area contributed by atoms with Gasteiger partial charge in [-0.1, -0.05) is 12.1 Å². The van der Waals surface area contributed by atoms with Crippen molar-refractivity contribution in [2.75, 3.05) is 19.6 Å². The minimum atomic E-state index is 0.150. The van der Waals surface area contributed by atoms with Crippen molar-refractivity contribution < 1.29 is 4.79 Å². The molecule has 6 nitrogen and oxygen atoms in total. The van der Waals surface area contributed by atoms with Crippen LogP contribution in [0.15, 0.2) is 36.7 Å². The molecule has 2 aliphatic heterocycles. The first kappa shape index (κ1) is 19.5. The number of aromatic nitrogens is 2. The van der Waals surface area contributed by atoms with Crippen molar-refractivity contribution in [2.24, 2.45) is 5.41 Å². The topological polar surface area (TPSA) is 73.1 Å². The van der Waals surface area contributed by atoms with E-state index in [1.807, 2.05) is 30.0 Å². The molecule has 1 amide bonds. The zero-order valence-corrected chi connectivity index (χ0v) is 17.0. The summed E-state index contributed by atoms with van der Waals surface area (Å²) in [6, 6.07) is 10.1. The normalized spacial score (nSPS) is 22.6. The fourth-order valence-corrected chi connectivity index (χ4v) is 4.72. The van der Waals surface area contributed by atoms with Crippen LogP contribution in [0.2, 0.25) is 0 Å². The highest BCUT2D eigenvalue weighted by atomic mass is 16.2. The Hall–Kier alpha value is -2.78. The number of nitriles is 1. The average Bonchev–Trinajstić information content (AvgIpc) is 2.73. The lowest BCUT2D eigenvalue weighted by atomic mass is 9.73. The first-order chi connectivity index (χ1) is 14.0. The lowest BCUT2D eigenvalue weighted by Crippen LogP contribution is -2.53. The molecule has 0 saturated carbocycles. The van der Waals surface area contributed by atoms with Gasteiger partial charge in [-0.25, -0.2) is 0 Å². The largest absolute Gasteiger partial charge is 0.336 e. The summed E-state index contributed by atoms with van der Waals surface area (Å²) in [6.45, 7) is 6.16. The maximum Gasteiger partial charge on any atom is 0.222 e. The van der Waals surface area contributed by atoms with Crippen LogP contribution >= 0.6 is 0 Å². The lowest BCUT2D eigenvalue weighted by molar-refractivity contribution is -0.140. The molecule has 0 aliphatic carbocycles. The number of nitrogens with zero attached hydrogens (tertiary/aromatic N) is 5. The van der Waals surface area contributed by atoms with E-state index in [0.717, 1.165) is 56.8 Å². The standard InChI is InChI=1S/C23H27N5O/c1-18-12-26-21(13-25-18)15-28-17-23(8-6-22(28)29)7-3-9-27(16-23)14-20-5-2-4-19(10-20)11-24/h2,4-5,10,12-13H,3,6-9,14-17H2,1H3. The number of hydrogen-bond acceptors (Lipinski definition) is 5. The highest BCUT2D eigenvalue weighted by Gasteiger charge is 2.41. The van der Waals surface area contributed by atoms with Crippen molar-refractivity contribution in [3.05, 3.63) is 59.2 Å². The SMILES string of the molecule is Cc1cnc(CN2CC3(CCCN(Cc4cccc(C#N)c4)C3)CCC2=O)cn1. The zero-order valence-electron chi connectivity index (χ0n) is 17.0. The Morgan fingerprint density at radius 3 is 2.86 bits per heavy atom. The van der Waals surface area contributed by atoms with Crippen molar-refractivity contribution in [1.82, 2.24) is 19.8 Å². The molecule has 0 radical (unpaired) electrons. The van der Waals surface area contributed by atoms with Gasteiger partial charge in [-0.05, 0) is 50.4 Å². The summed E-state index contributed by atoms with van der Waals surface area (Å²) in [7, 11) is 0. The van der Waals surface area contributed by atoms with Gasteiger partial charge < -0.3 is 4.90 Å². The number of piperidine rings is 2. The van der Waals surface area contributed by atoms with E-state index in [9.17, 15) is 4.79 Å². The van der Waals surface area contributed by atoms with Gasteiger partial charge in [-0.3, -0.25) is 19.7 Å². The molecule has 1 unspecified atom stereocenters. The molecule has 4 rings (SSSR count). The maximum absolute atomic E-state index is 12.6. The van der Waals surface area contributed by atoms with E-state index in [1.165, 1.54) is 5.56 Å². The number of carbonyl (C=O) groups is 1. The molecule has 0 bridgehead atoms. The number of amides is 1. The molecule has 1 spiro atoms. The second kappa shape index (κ2) is 8.30. The minimum Gasteiger partial charge on any atom is -0.336 e. The fraction of sp³-hybridized carbons (Fsp3) is 0.478. The number of hydrogen-bond donors (Lipinski definition) is 0. The second-order valence-electron chi connectivity index (χ2n) is 8.53. The highest BCUT2D eigenvalue weighted by Crippen LogP contribution is 2.39. The van der Waals surface area contributed by atoms with Crippen LogP contribution in [0.5, 0.6) is 0 Å². The van der Waals surface area contributed by atoms with E-state index in [0.29, 0.717) is 18.5 Å². The molecule has 2 fully saturated rings. The number of carbonyl (C=O) groups excluding carboxylic acids is 1. The van der Waals surface area contributed by atoms with Gasteiger partial charge in [0.25, 0.3) is 0 Å². The van der Waals surface area contributed by atoms with E-state index >= 15 is 0 Å². The van der Waals surface area contributed by atoms with Gasteiger partial charge in [0.2, 0.25) is 5.91 Å². The predicted octanol–water partition coefficient (Wildman–Crippen LogP) is 3.06. The Kier molecular flexibility index (Phi) is 5.59. The molecule has 29 heavy (non-hydrogen) atoms. The number of rotatable bonds is 4. The third-order valence-electron chi connectivity index (χ3n) is 6.14. The lowest BCUT2D eigenvalue weighted by Gasteiger charge is -2.48. The van der Waals surface area contributed by atoms with Crippen LogP contribution in [-0.4, -0.2) is 45.3 Å². The summed E-state index contributed by atoms with van der Waals surface area (Å²) in [5.41, 5.74) is 3.78. The summed E-state index contributed by atoms with van der Waals surface area (Å²) in [4.78, 5) is 25.8. The van der Waals surface area contributed by atoms with Crippen LogP contribution in [0.3, 0.4) is 0 Å². The van der Waals surface area contributed by atoms with Crippen LogP contribution in [0, 0.1) is 23.7 Å². The summed E-state index contributed by atoms with van der Waals surface area (Å²) in [5, 5.41) is 9.15. The van der Waals surface area contributed by atoms with E-state index in [2.05, 4.69) is 27.0 Å². The molecule has 2 saturated heterocycles. The Morgan fingerprint density at radius 2 is 2.07 bits per heavy atom. The average molecular weight is 390 g/mol. The first-order valence-corrected chi connectivity index (χ1v) is 10.3. The van der Waals surface area contributed by atoms with Crippen LogP contribution in [0.1, 0.15) is 48.2 Å². The molecule has 0 N–H and O–H groups in total. The van der Waals surface area contributed by atoms with Crippen molar-refractivity contribution in [1.29, 1.82) is 5.26 Å². The number of likely N-dealkylation sites (tertiary alicyclic amines) is 2. The van der Waals surface area contributed by atoms with E-state index < -0.39 is 0 Å². The molecule has 2 aromatic rings. The van der Waals surface area contributed by atoms with Gasteiger partial charge in [-0.2, -0.15) is 5.26 Å². The van der Waals surface area contributed by atoms with Gasteiger partial charge in [0, 0.05) is 37.7 Å². The van der Waals surface area contributed by atoms with Gasteiger partial charge in [-0.15, -0.1) is 0 Å². The Morgan fingerprint density at radius 1 is 1.17 bits per heavy atom. The van der Waals surface area contributed by atoms with Crippen molar-refractivity contribution in [3.8, 4) is 6.07 Å². The van der Waals surface area contributed by atoms with E-state index in [-0.39, 0.29) is 11.3 Å². The van der Waals surface area contributed by atoms with Crippen LogP contribution in [-0.2, 0) is 17.9 Å². The van der Waals surface area contributed by atoms with Gasteiger partial charge in [0.15, 0.2) is 0 Å². The summed E-state index contributed by atoms with van der Waals surface area (Å²) < 4.78 is 0. The monoisotopic (exact) mass is 389 g/mol. The molecule has 1 atom stereocenters. The number of aryl methyl sites for hydroxylation is 1. The second-order valence-corrected chi connectivity index (χ2v) is 8.53. The Bertz CT molecular complexity index is 920. The molecule has 3 heterocycles. The predicted molar refractivity (Wildman–Crippen MR) is 110 cm³/mol. The first-order valence-electron chi connectivity index (χ1n) is 10.3. The molecule has 150 valence electrons. The molecular formula is C23H27N5O. The van der Waals surface area contributed by atoms with E-state index in [4.69, 9.17) is 5.26 Å². The van der Waals surface area contributed by atoms with Crippen LogP contribution < -0.4 is 0 Å². The quantitative estimate of drug-likeness (QED) is 0.804.